The molecule has 0 bridgehead atoms. The second kappa shape index (κ2) is 5.19. The zero-order chi connectivity index (χ0) is 13.1. The maximum absolute atomic E-state index is 12.1. The van der Waals surface area contributed by atoms with Crippen molar-refractivity contribution >= 4 is 17.2 Å². The van der Waals surface area contributed by atoms with Gasteiger partial charge in [-0.25, -0.2) is 0 Å². The van der Waals surface area contributed by atoms with Gasteiger partial charge >= 0.3 is 0 Å². The quantitative estimate of drug-likeness (QED) is 0.846. The minimum Gasteiger partial charge on any atom is -0.355 e. The Labute approximate surface area is 107 Å². The van der Waals surface area contributed by atoms with Gasteiger partial charge in [-0.2, -0.15) is 0 Å². The van der Waals surface area contributed by atoms with Crippen LogP contribution in [0.4, 0.5) is 0 Å². The van der Waals surface area contributed by atoms with Crippen LogP contribution in [0.25, 0.3) is 0 Å². The van der Waals surface area contributed by atoms with Gasteiger partial charge in [0.05, 0.1) is 5.41 Å². The molecule has 1 aromatic heterocycles. The molecular weight excluding hydrogens is 232 g/mol. The largest absolute Gasteiger partial charge is 0.355 e. The van der Waals surface area contributed by atoms with Gasteiger partial charge in [0.25, 0.3) is 0 Å². The van der Waals surface area contributed by atoms with Crippen molar-refractivity contribution in [3.8, 4) is 0 Å². The average molecular weight is 254 g/mol. The Hall–Kier alpha value is -0.870. The van der Waals surface area contributed by atoms with Crippen molar-refractivity contribution < 1.29 is 4.79 Å². The first-order valence-corrected chi connectivity index (χ1v) is 6.72. The van der Waals surface area contributed by atoms with Gasteiger partial charge in [-0.05, 0) is 45.6 Å². The molecule has 0 saturated heterocycles. The number of amides is 1. The van der Waals surface area contributed by atoms with Gasteiger partial charge in [-0.1, -0.05) is 6.07 Å². The lowest BCUT2D eigenvalue weighted by molar-refractivity contribution is -0.132. The topological polar surface area (TPSA) is 55.1 Å². The Balaban J connectivity index is 2.45. The van der Waals surface area contributed by atoms with E-state index in [0.29, 0.717) is 6.54 Å². The third-order valence-electron chi connectivity index (χ3n) is 3.42. The summed E-state index contributed by atoms with van der Waals surface area (Å²) in [7, 11) is 0. The zero-order valence-corrected chi connectivity index (χ0v) is 11.9. The van der Waals surface area contributed by atoms with Crippen LogP contribution < -0.4 is 11.1 Å². The molecule has 0 spiro atoms. The second-order valence-electron chi connectivity index (χ2n) is 5.43. The lowest BCUT2D eigenvalue weighted by atomic mass is 9.74. The first-order chi connectivity index (χ1) is 7.75. The van der Waals surface area contributed by atoms with Crippen LogP contribution in [-0.4, -0.2) is 18.0 Å². The third kappa shape index (κ3) is 3.54. The van der Waals surface area contributed by atoms with E-state index >= 15 is 0 Å². The molecule has 1 rings (SSSR count). The smallest absolute Gasteiger partial charge is 0.227 e. The summed E-state index contributed by atoms with van der Waals surface area (Å²) in [5, 5.41) is 5.00. The van der Waals surface area contributed by atoms with E-state index < -0.39 is 11.0 Å². The molecule has 0 atom stereocenters. The fraction of sp³-hybridized carbons (Fsp3) is 0.615. The Morgan fingerprint density at radius 3 is 2.53 bits per heavy atom. The molecule has 4 heteroatoms. The normalized spacial score (nSPS) is 12.5. The number of hydrogen-bond donors (Lipinski definition) is 2. The number of nitrogens with one attached hydrogen (secondary N) is 1. The Kier molecular flexibility index (Phi) is 4.33. The van der Waals surface area contributed by atoms with Crippen LogP contribution in [0.15, 0.2) is 17.5 Å². The van der Waals surface area contributed by atoms with Gasteiger partial charge in [-0.15, -0.1) is 11.3 Å². The van der Waals surface area contributed by atoms with Gasteiger partial charge in [-0.3, -0.25) is 4.79 Å². The lowest BCUT2D eigenvalue weighted by Crippen LogP contribution is -2.55. The number of carbonyl (C=O) groups is 1. The monoisotopic (exact) mass is 254 g/mol. The molecule has 1 aromatic rings. The predicted molar refractivity (Wildman–Crippen MR) is 73.1 cm³/mol. The first-order valence-electron chi connectivity index (χ1n) is 5.85. The van der Waals surface area contributed by atoms with E-state index in [1.807, 2.05) is 39.1 Å². The highest BCUT2D eigenvalue weighted by atomic mass is 32.1. The van der Waals surface area contributed by atoms with E-state index in [-0.39, 0.29) is 5.91 Å². The number of carbonyl (C=O) groups excluding carboxylic acids is 1. The highest BCUT2D eigenvalue weighted by Crippen LogP contribution is 2.28. The van der Waals surface area contributed by atoms with Crippen molar-refractivity contribution in [1.29, 1.82) is 0 Å². The van der Waals surface area contributed by atoms with Crippen molar-refractivity contribution in [1.82, 2.24) is 5.32 Å². The van der Waals surface area contributed by atoms with Crippen LogP contribution in [0.5, 0.6) is 0 Å². The average Bonchev–Trinajstić information content (AvgIpc) is 2.68. The predicted octanol–water partition coefficient (Wildman–Crippen LogP) is 2.17. The molecule has 0 aliphatic rings. The van der Waals surface area contributed by atoms with Gasteiger partial charge in [0.15, 0.2) is 0 Å². The van der Waals surface area contributed by atoms with Crippen LogP contribution in [0, 0.1) is 5.41 Å². The third-order valence-corrected chi connectivity index (χ3v) is 4.35. The summed E-state index contributed by atoms with van der Waals surface area (Å²) in [6.45, 7) is 8.19. The van der Waals surface area contributed by atoms with Crippen molar-refractivity contribution in [2.24, 2.45) is 11.1 Å². The summed E-state index contributed by atoms with van der Waals surface area (Å²) in [4.78, 5) is 13.3. The van der Waals surface area contributed by atoms with Gasteiger partial charge < -0.3 is 11.1 Å². The molecule has 0 aromatic carbocycles. The molecule has 0 unspecified atom stereocenters. The Bertz CT molecular complexity index is 363. The van der Waals surface area contributed by atoms with Crippen LogP contribution in [-0.2, 0) is 11.2 Å². The molecule has 96 valence electrons. The second-order valence-corrected chi connectivity index (χ2v) is 6.46. The molecule has 0 aliphatic heterocycles. The molecule has 17 heavy (non-hydrogen) atoms. The van der Waals surface area contributed by atoms with Crippen molar-refractivity contribution in [3.63, 3.8) is 0 Å². The molecule has 1 amide bonds. The van der Waals surface area contributed by atoms with Crippen LogP contribution in [0.3, 0.4) is 0 Å². The van der Waals surface area contributed by atoms with Gasteiger partial charge in [0, 0.05) is 17.0 Å². The summed E-state index contributed by atoms with van der Waals surface area (Å²) >= 11 is 1.71. The van der Waals surface area contributed by atoms with E-state index in [1.165, 1.54) is 4.88 Å². The molecule has 0 fully saturated rings. The van der Waals surface area contributed by atoms with Gasteiger partial charge in [0.2, 0.25) is 5.91 Å². The summed E-state index contributed by atoms with van der Waals surface area (Å²) in [6, 6.07) is 4.10. The van der Waals surface area contributed by atoms with Crippen molar-refractivity contribution in [2.75, 3.05) is 6.54 Å². The summed E-state index contributed by atoms with van der Waals surface area (Å²) in [6.07, 6.45) is 0.879. The van der Waals surface area contributed by atoms with E-state index in [9.17, 15) is 4.79 Å². The zero-order valence-electron chi connectivity index (χ0n) is 11.0. The SMILES string of the molecule is CC(C)(N)C(C)(C)C(=O)NCCc1cccs1. The highest BCUT2D eigenvalue weighted by Gasteiger charge is 2.40. The molecule has 0 saturated carbocycles. The molecule has 3 N–H and O–H groups in total. The van der Waals surface area contributed by atoms with E-state index in [4.69, 9.17) is 5.73 Å². The molecule has 0 aliphatic carbocycles. The maximum Gasteiger partial charge on any atom is 0.227 e. The van der Waals surface area contributed by atoms with E-state index in [1.54, 1.807) is 11.3 Å². The molecule has 3 nitrogen and oxygen atoms in total. The lowest BCUT2D eigenvalue weighted by Gasteiger charge is -2.36. The maximum atomic E-state index is 12.1. The highest BCUT2D eigenvalue weighted by molar-refractivity contribution is 7.09. The van der Waals surface area contributed by atoms with Crippen LogP contribution >= 0.6 is 11.3 Å². The Morgan fingerprint density at radius 1 is 1.41 bits per heavy atom. The van der Waals surface area contributed by atoms with E-state index in [2.05, 4.69) is 11.4 Å². The molecular formula is C13H22N2OS. The number of thiophene rings is 1. The minimum atomic E-state index is -0.567. The Morgan fingerprint density at radius 2 is 2.06 bits per heavy atom. The standard InChI is InChI=1S/C13H22N2OS/c1-12(2,13(3,4)14)11(16)15-8-7-10-6-5-9-17-10/h5-6,9H,7-8,14H2,1-4H3,(H,15,16). The van der Waals surface area contributed by atoms with Crippen molar-refractivity contribution in [3.05, 3.63) is 22.4 Å². The van der Waals surface area contributed by atoms with Gasteiger partial charge in [0.1, 0.15) is 0 Å². The first kappa shape index (κ1) is 14.2. The van der Waals surface area contributed by atoms with Crippen molar-refractivity contribution in [2.45, 2.75) is 39.7 Å². The summed E-state index contributed by atoms with van der Waals surface area (Å²) in [5.41, 5.74) is 4.93. The minimum absolute atomic E-state index is 0.0153. The fourth-order valence-corrected chi connectivity index (χ4v) is 1.98. The fourth-order valence-electron chi connectivity index (χ4n) is 1.27. The number of hydrogen-bond acceptors (Lipinski definition) is 3. The van der Waals surface area contributed by atoms with Crippen LogP contribution in [0.1, 0.15) is 32.6 Å². The number of nitrogens with two attached hydrogens (primary N) is 1. The van der Waals surface area contributed by atoms with E-state index in [0.717, 1.165) is 6.42 Å². The summed E-state index contributed by atoms with van der Waals surface area (Å²) in [5.74, 6) is 0.0153. The van der Waals surface area contributed by atoms with Crippen LogP contribution in [0.2, 0.25) is 0 Å². The molecule has 0 radical (unpaired) electrons. The molecule has 1 heterocycles. The summed E-state index contributed by atoms with van der Waals surface area (Å²) < 4.78 is 0. The number of rotatable bonds is 5.